The molecule has 0 unspecified atom stereocenters. The lowest BCUT2D eigenvalue weighted by atomic mass is 9.96. The molecule has 5 heteroatoms. The number of carbonyl (C=O) groups excluding carboxylic acids is 1. The van der Waals surface area contributed by atoms with Gasteiger partial charge in [-0.2, -0.15) is 0 Å². The third kappa shape index (κ3) is 2.43. The molecule has 118 valence electrons. The minimum Gasteiger partial charge on any atom is -0.373 e. The Labute approximate surface area is 131 Å². The monoisotopic (exact) mass is 301 g/mol. The first kappa shape index (κ1) is 13.9. The number of anilines is 1. The number of hydrogen-bond donors (Lipinski definition) is 1. The molecule has 0 saturated carbocycles. The minimum absolute atomic E-state index is 0.0475. The normalized spacial score (nSPS) is 30.1. The molecule has 3 aliphatic rings. The number of urea groups is 1. The molecule has 2 amide bonds. The largest absolute Gasteiger partial charge is 0.373 e. The summed E-state index contributed by atoms with van der Waals surface area (Å²) in [6.45, 7) is 2.28. The van der Waals surface area contributed by atoms with Gasteiger partial charge in [-0.25, -0.2) is 4.79 Å². The highest BCUT2D eigenvalue weighted by atomic mass is 16.5. The van der Waals surface area contributed by atoms with Crippen LogP contribution in [0.2, 0.25) is 0 Å². The van der Waals surface area contributed by atoms with Crippen LogP contribution in [-0.4, -0.2) is 49.3 Å². The molecule has 3 aliphatic heterocycles. The fourth-order valence-electron chi connectivity index (χ4n) is 3.91. The number of amides is 2. The van der Waals surface area contributed by atoms with Gasteiger partial charge in [0.05, 0.1) is 18.2 Å². The standard InChI is InChI=1S/C17H23N3O2/c1-19-8-9-20(11-12-4-2-3-5-15(12)19)17(21)18-14-10-13-6-7-16(14)22-13/h2-5,13-14,16H,6-11H2,1H3,(H,18,21)/t13-,14+,16-/m1/s1. The molecule has 3 atom stereocenters. The summed E-state index contributed by atoms with van der Waals surface area (Å²) in [5.41, 5.74) is 2.43. The van der Waals surface area contributed by atoms with Gasteiger partial charge in [0.2, 0.25) is 0 Å². The number of para-hydroxylation sites is 1. The molecule has 1 N–H and O–H groups in total. The second-order valence-corrected chi connectivity index (χ2v) is 6.64. The van der Waals surface area contributed by atoms with Gasteiger partial charge in [0.15, 0.2) is 0 Å². The minimum atomic E-state index is 0.0475. The molecule has 5 nitrogen and oxygen atoms in total. The maximum Gasteiger partial charge on any atom is 0.318 e. The number of likely N-dealkylation sites (N-methyl/N-ethyl adjacent to an activating group) is 1. The molecule has 2 fully saturated rings. The Morgan fingerprint density at radius 3 is 2.91 bits per heavy atom. The molecule has 0 radical (unpaired) electrons. The van der Waals surface area contributed by atoms with E-state index in [1.54, 1.807) is 0 Å². The maximum atomic E-state index is 12.6. The average molecular weight is 301 g/mol. The lowest BCUT2D eigenvalue weighted by Gasteiger charge is -2.26. The fraction of sp³-hybridized carbons (Fsp3) is 0.588. The van der Waals surface area contributed by atoms with Crippen molar-refractivity contribution < 1.29 is 9.53 Å². The van der Waals surface area contributed by atoms with E-state index in [1.165, 1.54) is 11.3 Å². The van der Waals surface area contributed by atoms with Crippen LogP contribution >= 0.6 is 0 Å². The summed E-state index contributed by atoms with van der Waals surface area (Å²) in [5, 5.41) is 3.20. The quantitative estimate of drug-likeness (QED) is 0.862. The molecule has 3 heterocycles. The first-order chi connectivity index (χ1) is 10.7. The summed E-state index contributed by atoms with van der Waals surface area (Å²) in [5.74, 6) is 0. The van der Waals surface area contributed by atoms with E-state index in [9.17, 15) is 4.79 Å². The number of nitrogens with zero attached hydrogens (tertiary/aromatic N) is 2. The van der Waals surface area contributed by atoms with E-state index in [0.717, 1.165) is 32.4 Å². The molecule has 1 aromatic carbocycles. The zero-order chi connectivity index (χ0) is 15.1. The molecule has 0 spiro atoms. The van der Waals surface area contributed by atoms with Gasteiger partial charge in [0, 0.05) is 32.4 Å². The number of hydrogen-bond acceptors (Lipinski definition) is 3. The number of carbonyl (C=O) groups is 1. The Hall–Kier alpha value is -1.75. The van der Waals surface area contributed by atoms with Crippen LogP contribution in [0.1, 0.15) is 24.8 Å². The number of nitrogens with one attached hydrogen (secondary N) is 1. The van der Waals surface area contributed by atoms with Crippen molar-refractivity contribution in [2.75, 3.05) is 25.0 Å². The fourth-order valence-corrected chi connectivity index (χ4v) is 3.91. The summed E-state index contributed by atoms with van der Waals surface area (Å²) in [6, 6.07) is 8.57. The molecular weight excluding hydrogens is 278 g/mol. The van der Waals surface area contributed by atoms with Crippen molar-refractivity contribution in [1.82, 2.24) is 10.2 Å². The van der Waals surface area contributed by atoms with Gasteiger partial charge in [0.1, 0.15) is 0 Å². The van der Waals surface area contributed by atoms with E-state index >= 15 is 0 Å². The maximum absolute atomic E-state index is 12.6. The first-order valence-electron chi connectivity index (χ1n) is 8.20. The van der Waals surface area contributed by atoms with E-state index in [1.807, 2.05) is 11.0 Å². The van der Waals surface area contributed by atoms with Crippen LogP contribution in [0.25, 0.3) is 0 Å². The van der Waals surface area contributed by atoms with Crippen LogP contribution in [0.4, 0.5) is 10.5 Å². The summed E-state index contributed by atoms with van der Waals surface area (Å²) < 4.78 is 5.83. The van der Waals surface area contributed by atoms with Gasteiger partial charge in [-0.3, -0.25) is 0 Å². The molecule has 2 saturated heterocycles. The third-order valence-corrected chi connectivity index (χ3v) is 5.17. The van der Waals surface area contributed by atoms with E-state index in [0.29, 0.717) is 12.6 Å². The SMILES string of the molecule is CN1CCN(C(=O)N[C@H]2C[C@H]3CC[C@H]2O3)Cc2ccccc21. The van der Waals surface area contributed by atoms with E-state index < -0.39 is 0 Å². The van der Waals surface area contributed by atoms with Crippen LogP contribution < -0.4 is 10.2 Å². The lowest BCUT2D eigenvalue weighted by Crippen LogP contribution is -2.48. The topological polar surface area (TPSA) is 44.8 Å². The Bertz CT molecular complexity index is 577. The van der Waals surface area contributed by atoms with Crippen LogP contribution in [0.3, 0.4) is 0 Å². The van der Waals surface area contributed by atoms with Gasteiger partial charge in [-0.1, -0.05) is 18.2 Å². The number of ether oxygens (including phenoxy) is 1. The van der Waals surface area contributed by atoms with Crippen molar-refractivity contribution in [3.05, 3.63) is 29.8 Å². The van der Waals surface area contributed by atoms with Gasteiger partial charge < -0.3 is 19.9 Å². The Morgan fingerprint density at radius 2 is 2.14 bits per heavy atom. The lowest BCUT2D eigenvalue weighted by molar-refractivity contribution is 0.0969. The molecule has 22 heavy (non-hydrogen) atoms. The summed E-state index contributed by atoms with van der Waals surface area (Å²) >= 11 is 0. The van der Waals surface area contributed by atoms with Crippen LogP contribution in [0.15, 0.2) is 24.3 Å². The highest BCUT2D eigenvalue weighted by Gasteiger charge is 2.41. The van der Waals surface area contributed by atoms with Crippen LogP contribution in [0, 0.1) is 0 Å². The molecule has 0 aliphatic carbocycles. The number of rotatable bonds is 1. The van der Waals surface area contributed by atoms with Crippen LogP contribution in [-0.2, 0) is 11.3 Å². The van der Waals surface area contributed by atoms with Crippen molar-refractivity contribution in [2.24, 2.45) is 0 Å². The van der Waals surface area contributed by atoms with Crippen LogP contribution in [0.5, 0.6) is 0 Å². The summed E-state index contributed by atoms with van der Waals surface area (Å²) in [4.78, 5) is 16.8. The van der Waals surface area contributed by atoms with Crippen molar-refractivity contribution in [2.45, 2.75) is 44.1 Å². The predicted molar refractivity (Wildman–Crippen MR) is 85.0 cm³/mol. The van der Waals surface area contributed by atoms with E-state index in [-0.39, 0.29) is 18.2 Å². The average Bonchev–Trinajstić information content (AvgIpc) is 3.09. The molecule has 1 aromatic rings. The highest BCUT2D eigenvalue weighted by Crippen LogP contribution is 2.34. The molecule has 4 rings (SSSR count). The van der Waals surface area contributed by atoms with Crippen molar-refractivity contribution >= 4 is 11.7 Å². The Morgan fingerprint density at radius 1 is 1.27 bits per heavy atom. The summed E-state index contributed by atoms with van der Waals surface area (Å²) in [7, 11) is 2.09. The molecule has 2 bridgehead atoms. The smallest absolute Gasteiger partial charge is 0.318 e. The second-order valence-electron chi connectivity index (χ2n) is 6.64. The third-order valence-electron chi connectivity index (χ3n) is 5.17. The predicted octanol–water partition coefficient (Wildman–Crippen LogP) is 1.97. The zero-order valence-corrected chi connectivity index (χ0v) is 13.0. The van der Waals surface area contributed by atoms with Crippen molar-refractivity contribution in [1.29, 1.82) is 0 Å². The Balaban J connectivity index is 1.45. The second kappa shape index (κ2) is 5.47. The summed E-state index contributed by atoms with van der Waals surface area (Å²) in [6.07, 6.45) is 3.81. The Kier molecular flexibility index (Phi) is 3.45. The van der Waals surface area contributed by atoms with Gasteiger partial charge in [0.25, 0.3) is 0 Å². The number of benzene rings is 1. The number of fused-ring (bicyclic) bond motifs is 3. The van der Waals surface area contributed by atoms with Gasteiger partial charge in [-0.15, -0.1) is 0 Å². The molecule has 0 aromatic heterocycles. The van der Waals surface area contributed by atoms with Gasteiger partial charge in [-0.05, 0) is 30.9 Å². The van der Waals surface area contributed by atoms with Gasteiger partial charge >= 0.3 is 6.03 Å². The van der Waals surface area contributed by atoms with E-state index in [2.05, 4.69) is 35.5 Å². The zero-order valence-electron chi connectivity index (χ0n) is 13.0. The first-order valence-corrected chi connectivity index (χ1v) is 8.20. The van der Waals surface area contributed by atoms with E-state index in [4.69, 9.17) is 4.74 Å². The van der Waals surface area contributed by atoms with Crippen molar-refractivity contribution in [3.63, 3.8) is 0 Å². The molecular formula is C17H23N3O2. The van der Waals surface area contributed by atoms with Crippen molar-refractivity contribution in [3.8, 4) is 0 Å². The highest BCUT2D eigenvalue weighted by molar-refractivity contribution is 5.75.